The minimum atomic E-state index is 0.215. The van der Waals surface area contributed by atoms with Gasteiger partial charge in [-0.05, 0) is 32.3 Å². The van der Waals surface area contributed by atoms with E-state index in [1.807, 2.05) is 6.08 Å². The van der Waals surface area contributed by atoms with Gasteiger partial charge in [0.15, 0.2) is 5.78 Å². The maximum Gasteiger partial charge on any atom is 0.155 e. The SMILES string of the molecule is CC(=O)C1=CCC=C(C)C1. The van der Waals surface area contributed by atoms with Crippen molar-refractivity contribution >= 4 is 5.78 Å². The van der Waals surface area contributed by atoms with Gasteiger partial charge < -0.3 is 0 Å². The van der Waals surface area contributed by atoms with Gasteiger partial charge in [-0.15, -0.1) is 0 Å². The molecule has 0 heterocycles. The number of allylic oxidation sites excluding steroid dienone is 4. The third-order valence-corrected chi connectivity index (χ3v) is 1.75. The molecule has 0 saturated heterocycles. The van der Waals surface area contributed by atoms with Crippen molar-refractivity contribution in [1.29, 1.82) is 0 Å². The van der Waals surface area contributed by atoms with E-state index in [4.69, 9.17) is 0 Å². The van der Waals surface area contributed by atoms with Crippen LogP contribution < -0.4 is 0 Å². The molecule has 1 heteroatoms. The van der Waals surface area contributed by atoms with E-state index in [1.54, 1.807) is 6.92 Å². The highest BCUT2D eigenvalue weighted by Crippen LogP contribution is 2.17. The van der Waals surface area contributed by atoms with Crippen LogP contribution in [0.15, 0.2) is 23.3 Å². The van der Waals surface area contributed by atoms with Crippen molar-refractivity contribution < 1.29 is 4.79 Å². The van der Waals surface area contributed by atoms with Crippen molar-refractivity contribution in [3.8, 4) is 0 Å². The molecule has 0 aromatic carbocycles. The molecule has 0 aromatic heterocycles. The third kappa shape index (κ3) is 1.56. The third-order valence-electron chi connectivity index (χ3n) is 1.75. The van der Waals surface area contributed by atoms with Gasteiger partial charge in [-0.2, -0.15) is 0 Å². The molecule has 54 valence electrons. The first-order valence-electron chi connectivity index (χ1n) is 3.56. The summed E-state index contributed by atoms with van der Waals surface area (Å²) in [7, 11) is 0. The number of carbonyl (C=O) groups excluding carboxylic acids is 1. The molecule has 0 N–H and O–H groups in total. The molecule has 0 unspecified atom stereocenters. The lowest BCUT2D eigenvalue weighted by Crippen LogP contribution is -2.00. The van der Waals surface area contributed by atoms with Gasteiger partial charge in [0.2, 0.25) is 0 Å². The van der Waals surface area contributed by atoms with E-state index in [9.17, 15) is 4.79 Å². The first kappa shape index (κ1) is 7.26. The van der Waals surface area contributed by atoms with Gasteiger partial charge in [0, 0.05) is 0 Å². The summed E-state index contributed by atoms with van der Waals surface area (Å²) >= 11 is 0. The van der Waals surface area contributed by atoms with Crippen LogP contribution >= 0.6 is 0 Å². The van der Waals surface area contributed by atoms with Crippen molar-refractivity contribution in [3.05, 3.63) is 23.3 Å². The second-order valence-corrected chi connectivity index (χ2v) is 2.75. The van der Waals surface area contributed by atoms with Gasteiger partial charge >= 0.3 is 0 Å². The summed E-state index contributed by atoms with van der Waals surface area (Å²) in [6, 6.07) is 0. The van der Waals surface area contributed by atoms with Gasteiger partial charge in [-0.1, -0.05) is 17.7 Å². The quantitative estimate of drug-likeness (QED) is 0.505. The van der Waals surface area contributed by atoms with Crippen molar-refractivity contribution in [3.63, 3.8) is 0 Å². The van der Waals surface area contributed by atoms with E-state index in [1.165, 1.54) is 5.57 Å². The van der Waals surface area contributed by atoms with Crippen molar-refractivity contribution in [2.24, 2.45) is 0 Å². The Balaban J connectivity index is 2.66. The highest BCUT2D eigenvalue weighted by Gasteiger charge is 2.06. The lowest BCUT2D eigenvalue weighted by atomic mass is 9.97. The average molecular weight is 136 g/mol. The Kier molecular flexibility index (Phi) is 2.05. The molecule has 10 heavy (non-hydrogen) atoms. The molecule has 1 rings (SSSR count). The predicted octanol–water partition coefficient (Wildman–Crippen LogP) is 2.24. The zero-order chi connectivity index (χ0) is 7.56. The molecular weight excluding hydrogens is 124 g/mol. The highest BCUT2D eigenvalue weighted by molar-refractivity contribution is 5.93. The van der Waals surface area contributed by atoms with Gasteiger partial charge in [-0.3, -0.25) is 4.79 Å². The smallest absolute Gasteiger partial charge is 0.155 e. The van der Waals surface area contributed by atoms with E-state index in [2.05, 4.69) is 13.0 Å². The summed E-state index contributed by atoms with van der Waals surface area (Å²) in [4.78, 5) is 10.8. The largest absolute Gasteiger partial charge is 0.295 e. The Morgan fingerprint density at radius 2 is 2.20 bits per heavy atom. The zero-order valence-electron chi connectivity index (χ0n) is 6.48. The zero-order valence-corrected chi connectivity index (χ0v) is 6.48. The Morgan fingerprint density at radius 1 is 1.50 bits per heavy atom. The molecule has 0 fully saturated rings. The van der Waals surface area contributed by atoms with Crippen LogP contribution in [0.3, 0.4) is 0 Å². The maximum atomic E-state index is 10.8. The molecule has 0 amide bonds. The Labute approximate surface area is 61.4 Å². The molecule has 1 nitrogen and oxygen atoms in total. The topological polar surface area (TPSA) is 17.1 Å². The molecule has 0 aliphatic heterocycles. The first-order valence-corrected chi connectivity index (χ1v) is 3.56. The van der Waals surface area contributed by atoms with Gasteiger partial charge in [0.1, 0.15) is 0 Å². The van der Waals surface area contributed by atoms with E-state index in [0.717, 1.165) is 18.4 Å². The lowest BCUT2D eigenvalue weighted by molar-refractivity contribution is -0.113. The standard InChI is InChI=1S/C9H12O/c1-7-4-3-5-9(6-7)8(2)10/h4-5H,3,6H2,1-2H3. The molecule has 0 atom stereocenters. The summed E-state index contributed by atoms with van der Waals surface area (Å²) in [6.45, 7) is 3.69. The minimum Gasteiger partial charge on any atom is -0.295 e. The average Bonchev–Trinajstić information content (AvgIpc) is 1.88. The highest BCUT2D eigenvalue weighted by atomic mass is 16.1. The van der Waals surface area contributed by atoms with Crippen molar-refractivity contribution in [2.75, 3.05) is 0 Å². The van der Waals surface area contributed by atoms with Gasteiger partial charge in [0.25, 0.3) is 0 Å². The fourth-order valence-electron chi connectivity index (χ4n) is 1.12. The molecule has 1 aliphatic carbocycles. The molecular formula is C9H12O. The van der Waals surface area contributed by atoms with E-state index in [0.29, 0.717) is 0 Å². The molecule has 0 bridgehead atoms. The summed E-state index contributed by atoms with van der Waals surface area (Å²) < 4.78 is 0. The lowest BCUT2D eigenvalue weighted by Gasteiger charge is -2.08. The van der Waals surface area contributed by atoms with Crippen LogP contribution in [-0.4, -0.2) is 5.78 Å². The summed E-state index contributed by atoms with van der Waals surface area (Å²) in [5, 5.41) is 0. The molecule has 0 spiro atoms. The van der Waals surface area contributed by atoms with Crippen LogP contribution in [0.1, 0.15) is 26.7 Å². The second kappa shape index (κ2) is 2.82. The van der Waals surface area contributed by atoms with Crippen molar-refractivity contribution in [1.82, 2.24) is 0 Å². The van der Waals surface area contributed by atoms with Crippen molar-refractivity contribution in [2.45, 2.75) is 26.7 Å². The van der Waals surface area contributed by atoms with Crippen LogP contribution in [0.5, 0.6) is 0 Å². The molecule has 0 saturated carbocycles. The molecule has 1 aliphatic rings. The second-order valence-electron chi connectivity index (χ2n) is 2.75. The van der Waals surface area contributed by atoms with E-state index in [-0.39, 0.29) is 5.78 Å². The molecule has 0 radical (unpaired) electrons. The fraction of sp³-hybridized carbons (Fsp3) is 0.444. The number of Topliss-reactive ketones (excluding diaryl/α,β-unsaturated/α-hetero) is 1. The Hall–Kier alpha value is -0.850. The monoisotopic (exact) mass is 136 g/mol. The summed E-state index contributed by atoms with van der Waals surface area (Å²) in [5.74, 6) is 0.215. The van der Waals surface area contributed by atoms with E-state index < -0.39 is 0 Å². The van der Waals surface area contributed by atoms with Crippen LogP contribution in [0.4, 0.5) is 0 Å². The number of hydrogen-bond donors (Lipinski definition) is 0. The number of ketones is 1. The van der Waals surface area contributed by atoms with Crippen LogP contribution in [0.25, 0.3) is 0 Å². The van der Waals surface area contributed by atoms with E-state index >= 15 is 0 Å². The number of carbonyl (C=O) groups is 1. The van der Waals surface area contributed by atoms with Crippen LogP contribution in [0.2, 0.25) is 0 Å². The normalized spacial score (nSPS) is 17.8. The van der Waals surface area contributed by atoms with Crippen LogP contribution in [-0.2, 0) is 4.79 Å². The maximum absolute atomic E-state index is 10.8. The summed E-state index contributed by atoms with van der Waals surface area (Å²) in [6.07, 6.45) is 5.96. The first-order chi connectivity index (χ1) is 4.70. The van der Waals surface area contributed by atoms with Gasteiger partial charge in [-0.25, -0.2) is 0 Å². The Bertz CT molecular complexity index is 209. The predicted molar refractivity (Wildman–Crippen MR) is 41.8 cm³/mol. The Morgan fingerprint density at radius 3 is 2.60 bits per heavy atom. The molecule has 0 aromatic rings. The number of rotatable bonds is 1. The summed E-state index contributed by atoms with van der Waals surface area (Å²) in [5.41, 5.74) is 2.28. The number of hydrogen-bond acceptors (Lipinski definition) is 1. The fourth-order valence-corrected chi connectivity index (χ4v) is 1.12. The van der Waals surface area contributed by atoms with Gasteiger partial charge in [0.05, 0.1) is 0 Å². The van der Waals surface area contributed by atoms with Crippen LogP contribution in [0, 0.1) is 0 Å². The minimum absolute atomic E-state index is 0.215.